The lowest BCUT2D eigenvalue weighted by Gasteiger charge is -2.37. The highest BCUT2D eigenvalue weighted by atomic mass is 32.1. The van der Waals surface area contributed by atoms with Crippen LogP contribution >= 0.6 is 11.3 Å². The van der Waals surface area contributed by atoms with Crippen molar-refractivity contribution in [1.29, 1.82) is 0 Å². The maximum atomic E-state index is 12.7. The quantitative estimate of drug-likeness (QED) is 0.875. The number of aromatic nitrogens is 2. The SMILES string of the molecule is CN1CCCC1C(=O)N1CCN(c2nc(N)nc3sccc23)CC1. The van der Waals surface area contributed by atoms with Gasteiger partial charge in [0.2, 0.25) is 11.9 Å². The largest absolute Gasteiger partial charge is 0.368 e. The fourth-order valence-electron chi connectivity index (χ4n) is 3.67. The van der Waals surface area contributed by atoms with E-state index in [0.717, 1.165) is 61.6 Å². The van der Waals surface area contributed by atoms with Gasteiger partial charge in [0.15, 0.2) is 0 Å². The molecule has 7 nitrogen and oxygen atoms in total. The van der Waals surface area contributed by atoms with E-state index < -0.39 is 0 Å². The summed E-state index contributed by atoms with van der Waals surface area (Å²) in [5.74, 6) is 1.48. The molecule has 4 rings (SSSR count). The van der Waals surface area contributed by atoms with Crippen LogP contribution in [0.25, 0.3) is 10.2 Å². The highest BCUT2D eigenvalue weighted by Crippen LogP contribution is 2.29. The molecule has 0 bridgehead atoms. The first kappa shape index (κ1) is 15.6. The molecule has 1 atom stereocenters. The third-order valence-electron chi connectivity index (χ3n) is 5.02. The van der Waals surface area contributed by atoms with Gasteiger partial charge in [-0.1, -0.05) is 0 Å². The van der Waals surface area contributed by atoms with Gasteiger partial charge in [0.1, 0.15) is 10.6 Å². The number of carbonyl (C=O) groups is 1. The summed E-state index contributed by atoms with van der Waals surface area (Å²) in [6.07, 6.45) is 2.09. The lowest BCUT2D eigenvalue weighted by Crippen LogP contribution is -2.53. The van der Waals surface area contributed by atoms with E-state index in [0.29, 0.717) is 5.95 Å². The number of nitrogens with zero attached hydrogens (tertiary/aromatic N) is 5. The van der Waals surface area contributed by atoms with Crippen LogP contribution in [0.3, 0.4) is 0 Å². The number of nitrogens with two attached hydrogens (primary N) is 1. The van der Waals surface area contributed by atoms with Crippen LogP contribution in [-0.2, 0) is 4.79 Å². The lowest BCUT2D eigenvalue weighted by atomic mass is 10.1. The van der Waals surface area contributed by atoms with Gasteiger partial charge in [-0.15, -0.1) is 11.3 Å². The molecule has 0 aliphatic carbocycles. The Morgan fingerprint density at radius 2 is 2.04 bits per heavy atom. The number of likely N-dealkylation sites (N-methyl/N-ethyl adjacent to an activating group) is 1. The summed E-state index contributed by atoms with van der Waals surface area (Å²) in [5, 5.41) is 3.06. The molecule has 2 aliphatic heterocycles. The standard InChI is InChI=1S/C16H22N6OS/c1-20-5-2-3-12(20)15(23)22-8-6-21(7-9-22)13-11-4-10-24-14(11)19-16(17)18-13/h4,10,12H,2-3,5-9H2,1H3,(H2,17,18,19). The number of likely N-dealkylation sites (tertiary alicyclic amines) is 1. The van der Waals surface area contributed by atoms with E-state index in [1.807, 2.05) is 23.4 Å². The maximum absolute atomic E-state index is 12.7. The van der Waals surface area contributed by atoms with E-state index in [2.05, 4.69) is 19.8 Å². The molecule has 0 radical (unpaired) electrons. The number of fused-ring (bicyclic) bond motifs is 1. The average Bonchev–Trinajstić information content (AvgIpc) is 3.22. The van der Waals surface area contributed by atoms with Crippen molar-refractivity contribution in [2.75, 3.05) is 50.4 Å². The second-order valence-corrected chi connectivity index (χ2v) is 7.39. The topological polar surface area (TPSA) is 78.6 Å². The Morgan fingerprint density at radius 3 is 2.75 bits per heavy atom. The summed E-state index contributed by atoms with van der Waals surface area (Å²) in [4.78, 5) is 28.7. The van der Waals surface area contributed by atoms with Crippen LogP contribution in [0.1, 0.15) is 12.8 Å². The molecule has 128 valence electrons. The van der Waals surface area contributed by atoms with Crippen molar-refractivity contribution in [3.8, 4) is 0 Å². The summed E-state index contributed by atoms with van der Waals surface area (Å²) >= 11 is 1.57. The molecule has 2 aromatic heterocycles. The zero-order valence-electron chi connectivity index (χ0n) is 13.8. The fourth-order valence-corrected chi connectivity index (χ4v) is 4.43. The van der Waals surface area contributed by atoms with Crippen molar-refractivity contribution in [3.63, 3.8) is 0 Å². The number of nitrogen functional groups attached to an aromatic ring is 1. The molecule has 2 aliphatic rings. The minimum Gasteiger partial charge on any atom is -0.368 e. The molecule has 0 aromatic carbocycles. The third-order valence-corrected chi connectivity index (χ3v) is 5.83. The Bertz CT molecular complexity index is 754. The van der Waals surface area contributed by atoms with Gasteiger partial charge in [0.05, 0.1) is 11.4 Å². The van der Waals surface area contributed by atoms with E-state index >= 15 is 0 Å². The summed E-state index contributed by atoms with van der Waals surface area (Å²) in [7, 11) is 2.04. The zero-order chi connectivity index (χ0) is 16.7. The van der Waals surface area contributed by atoms with E-state index in [1.165, 1.54) is 0 Å². The van der Waals surface area contributed by atoms with E-state index in [4.69, 9.17) is 5.73 Å². The molecule has 8 heteroatoms. The highest BCUT2D eigenvalue weighted by Gasteiger charge is 2.33. The van der Waals surface area contributed by atoms with Gasteiger partial charge in [-0.05, 0) is 37.9 Å². The molecule has 4 heterocycles. The van der Waals surface area contributed by atoms with Gasteiger partial charge < -0.3 is 15.5 Å². The van der Waals surface area contributed by atoms with Gasteiger partial charge in [-0.2, -0.15) is 4.98 Å². The molecule has 2 fully saturated rings. The van der Waals surface area contributed by atoms with Crippen molar-refractivity contribution < 1.29 is 4.79 Å². The van der Waals surface area contributed by atoms with Crippen molar-refractivity contribution in [2.24, 2.45) is 0 Å². The van der Waals surface area contributed by atoms with Crippen molar-refractivity contribution in [1.82, 2.24) is 19.8 Å². The Morgan fingerprint density at radius 1 is 1.25 bits per heavy atom. The smallest absolute Gasteiger partial charge is 0.240 e. The van der Waals surface area contributed by atoms with Gasteiger partial charge in [0, 0.05) is 26.2 Å². The first-order chi connectivity index (χ1) is 11.6. The lowest BCUT2D eigenvalue weighted by molar-refractivity contribution is -0.135. The van der Waals surface area contributed by atoms with E-state index in [1.54, 1.807) is 11.3 Å². The minimum atomic E-state index is 0.0647. The van der Waals surface area contributed by atoms with E-state index in [-0.39, 0.29) is 11.9 Å². The van der Waals surface area contributed by atoms with Gasteiger partial charge in [-0.3, -0.25) is 9.69 Å². The van der Waals surface area contributed by atoms with Crippen LogP contribution in [0.5, 0.6) is 0 Å². The van der Waals surface area contributed by atoms with Gasteiger partial charge in [-0.25, -0.2) is 4.98 Å². The van der Waals surface area contributed by atoms with Crippen molar-refractivity contribution in [3.05, 3.63) is 11.4 Å². The second-order valence-electron chi connectivity index (χ2n) is 6.50. The fraction of sp³-hybridized carbons (Fsp3) is 0.562. The van der Waals surface area contributed by atoms with Gasteiger partial charge in [0.25, 0.3) is 0 Å². The highest BCUT2D eigenvalue weighted by molar-refractivity contribution is 7.16. The number of hydrogen-bond donors (Lipinski definition) is 1. The number of hydrogen-bond acceptors (Lipinski definition) is 7. The van der Waals surface area contributed by atoms with E-state index in [9.17, 15) is 4.79 Å². The molecule has 2 saturated heterocycles. The number of thiophene rings is 1. The maximum Gasteiger partial charge on any atom is 0.240 e. The van der Waals surface area contributed by atoms with Crippen LogP contribution in [0.4, 0.5) is 11.8 Å². The summed E-state index contributed by atoms with van der Waals surface area (Å²) in [6, 6.07) is 2.11. The first-order valence-electron chi connectivity index (χ1n) is 8.38. The molecule has 0 saturated carbocycles. The normalized spacial score (nSPS) is 22.5. The average molecular weight is 346 g/mol. The van der Waals surface area contributed by atoms with Crippen LogP contribution in [0, 0.1) is 0 Å². The Kier molecular flexibility index (Phi) is 4.01. The van der Waals surface area contributed by atoms with Crippen molar-refractivity contribution >= 4 is 39.2 Å². The molecule has 0 spiro atoms. The Labute approximate surface area is 145 Å². The predicted octanol–water partition coefficient (Wildman–Crippen LogP) is 1.02. The first-order valence-corrected chi connectivity index (χ1v) is 9.26. The zero-order valence-corrected chi connectivity index (χ0v) is 14.6. The second kappa shape index (κ2) is 6.18. The summed E-state index contributed by atoms with van der Waals surface area (Å²) in [5.41, 5.74) is 5.85. The molecule has 24 heavy (non-hydrogen) atoms. The molecule has 2 N–H and O–H groups in total. The molecule has 1 unspecified atom stereocenters. The number of anilines is 2. The third kappa shape index (κ3) is 2.69. The monoisotopic (exact) mass is 346 g/mol. The number of rotatable bonds is 2. The van der Waals surface area contributed by atoms with Crippen LogP contribution in [0.15, 0.2) is 11.4 Å². The molecule has 2 aromatic rings. The molecular formula is C16H22N6OS. The van der Waals surface area contributed by atoms with Crippen LogP contribution in [-0.4, -0.2) is 71.5 Å². The number of carbonyl (C=O) groups excluding carboxylic acids is 1. The van der Waals surface area contributed by atoms with Crippen LogP contribution in [0.2, 0.25) is 0 Å². The van der Waals surface area contributed by atoms with Crippen molar-refractivity contribution in [2.45, 2.75) is 18.9 Å². The molecule has 1 amide bonds. The summed E-state index contributed by atoms with van der Waals surface area (Å²) in [6.45, 7) is 4.05. The Hall–Kier alpha value is -1.93. The minimum absolute atomic E-state index is 0.0647. The summed E-state index contributed by atoms with van der Waals surface area (Å²) < 4.78 is 0. The van der Waals surface area contributed by atoms with Gasteiger partial charge >= 0.3 is 0 Å². The number of amides is 1. The predicted molar refractivity (Wildman–Crippen MR) is 96.3 cm³/mol. The Balaban J connectivity index is 1.47. The molecular weight excluding hydrogens is 324 g/mol. The number of piperazine rings is 1. The van der Waals surface area contributed by atoms with Crippen LogP contribution < -0.4 is 10.6 Å².